The zero-order chi connectivity index (χ0) is 40.7. The number of rotatable bonds is 21. The second kappa shape index (κ2) is 26.6. The van der Waals surface area contributed by atoms with Crippen molar-refractivity contribution in [2.24, 2.45) is 0 Å². The summed E-state index contributed by atoms with van der Waals surface area (Å²) in [6, 6.07) is 17.1. The Kier molecular flexibility index (Phi) is 24.0. The molecule has 9 nitrogen and oxygen atoms in total. The molecule has 0 aliphatic heterocycles. The van der Waals surface area contributed by atoms with E-state index in [1.165, 1.54) is 76.6 Å². The number of ether oxygens (including phenoxy) is 3. The molecule has 0 fully saturated rings. The van der Waals surface area contributed by atoms with Crippen molar-refractivity contribution in [1.82, 2.24) is 0 Å². The largest absolute Gasteiger partial charge is 0.381 e. The van der Waals surface area contributed by atoms with Crippen molar-refractivity contribution >= 4 is 49.7 Å². The molecule has 54 heavy (non-hydrogen) atoms. The van der Waals surface area contributed by atoms with E-state index in [0.29, 0.717) is 29.9 Å². The number of carbonyl (C=O) groups excluding carboxylic acids is 3. The van der Waals surface area contributed by atoms with Crippen LogP contribution in [0.1, 0.15) is 59.3 Å². The molecule has 0 saturated carbocycles. The molecule has 0 spiro atoms. The minimum Gasteiger partial charge on any atom is -0.381 e. The summed E-state index contributed by atoms with van der Waals surface area (Å²) in [5, 5.41) is 0. The molecule has 0 amide bonds. The van der Waals surface area contributed by atoms with Gasteiger partial charge in [-0.1, -0.05) is 18.2 Å². The molecule has 0 bridgehead atoms. The summed E-state index contributed by atoms with van der Waals surface area (Å²) < 4.78 is 90.2. The van der Waals surface area contributed by atoms with E-state index >= 15 is 0 Å². The lowest BCUT2D eigenvalue weighted by atomic mass is 10.1. The Morgan fingerprint density at radius 1 is 0.667 bits per heavy atom. The van der Waals surface area contributed by atoms with Crippen molar-refractivity contribution in [2.75, 3.05) is 38.6 Å². The van der Waals surface area contributed by atoms with Gasteiger partial charge in [0.15, 0.2) is 9.84 Å². The fraction of sp³-hybridized carbons (Fsp3) is 0.462. The first-order valence-electron chi connectivity index (χ1n) is 17.1. The van der Waals surface area contributed by atoms with E-state index < -0.39 is 38.4 Å². The average Bonchev–Trinajstić information content (AvgIpc) is 3.11. The van der Waals surface area contributed by atoms with Gasteiger partial charge in [0.05, 0.1) is 39.8 Å². The van der Waals surface area contributed by atoms with Gasteiger partial charge in [0.25, 0.3) is 0 Å². The Morgan fingerprint density at radius 3 is 1.61 bits per heavy atom. The first-order valence-corrected chi connectivity index (χ1v) is 21.0. The summed E-state index contributed by atoms with van der Waals surface area (Å²) >= 11 is 1.57. The topological polar surface area (TPSA) is 130 Å². The van der Waals surface area contributed by atoms with Crippen LogP contribution in [0.15, 0.2) is 87.5 Å². The van der Waals surface area contributed by atoms with Crippen LogP contribution in [0.5, 0.6) is 0 Å². The maximum absolute atomic E-state index is 13.0. The van der Waals surface area contributed by atoms with E-state index in [9.17, 15) is 40.2 Å². The molecular formula is C39H51F3O9S3. The van der Waals surface area contributed by atoms with E-state index in [1.807, 2.05) is 6.07 Å². The Bertz CT molecular complexity index is 1740. The molecule has 3 aromatic carbocycles. The van der Waals surface area contributed by atoms with E-state index in [-0.39, 0.29) is 58.9 Å². The van der Waals surface area contributed by atoms with Crippen LogP contribution in [0.25, 0.3) is 0 Å². The zero-order valence-corrected chi connectivity index (χ0v) is 34.0. The second-order valence-corrected chi connectivity index (χ2v) is 17.1. The molecule has 0 heterocycles. The van der Waals surface area contributed by atoms with Gasteiger partial charge in [-0.15, -0.1) is 11.8 Å². The number of benzene rings is 3. The van der Waals surface area contributed by atoms with Crippen LogP contribution < -0.4 is 0 Å². The molecule has 3 rings (SSSR count). The minimum absolute atomic E-state index is 0.0337. The average molecular weight is 817 g/mol. The fourth-order valence-corrected chi connectivity index (χ4v) is 8.33. The number of halogens is 3. The monoisotopic (exact) mass is 816 g/mol. The van der Waals surface area contributed by atoms with Crippen LogP contribution in [0.2, 0.25) is 0 Å². The third-order valence-electron chi connectivity index (χ3n) is 7.60. The number of ketones is 3. The number of sulfone groups is 1. The Morgan fingerprint density at radius 2 is 1.13 bits per heavy atom. The molecule has 0 aromatic heterocycles. The maximum Gasteiger partial charge on any atom is 0.178 e. The van der Waals surface area contributed by atoms with Gasteiger partial charge in [-0.25, -0.2) is 21.6 Å². The smallest absolute Gasteiger partial charge is 0.178 e. The Hall–Kier alpha value is -3.21. The Labute approximate surface area is 324 Å². The van der Waals surface area contributed by atoms with Crippen LogP contribution in [-0.2, 0) is 49.2 Å². The highest BCUT2D eigenvalue weighted by Crippen LogP contribution is 2.21. The maximum atomic E-state index is 13.0. The first-order chi connectivity index (χ1) is 25.5. The van der Waals surface area contributed by atoms with Crippen molar-refractivity contribution in [3.8, 4) is 0 Å². The van der Waals surface area contributed by atoms with Gasteiger partial charge < -0.3 is 14.2 Å². The summed E-state index contributed by atoms with van der Waals surface area (Å²) in [5.74, 6) is -0.101. The van der Waals surface area contributed by atoms with E-state index in [2.05, 4.69) is 0 Å². The van der Waals surface area contributed by atoms with Gasteiger partial charge in [-0.3, -0.25) is 18.6 Å². The van der Waals surface area contributed by atoms with Crippen LogP contribution >= 0.6 is 11.8 Å². The molecule has 4 atom stereocenters. The molecule has 0 aliphatic carbocycles. The summed E-state index contributed by atoms with van der Waals surface area (Å²) in [7, 11) is -0.246. The molecule has 3 aromatic rings. The molecule has 0 N–H and O–H groups in total. The molecule has 15 heteroatoms. The second-order valence-electron chi connectivity index (χ2n) is 12.2. The van der Waals surface area contributed by atoms with Crippen molar-refractivity contribution < 1.29 is 54.4 Å². The van der Waals surface area contributed by atoms with E-state index in [4.69, 9.17) is 14.2 Å². The summed E-state index contributed by atoms with van der Waals surface area (Å²) in [5.41, 5.74) is 0. The van der Waals surface area contributed by atoms with E-state index in [1.54, 1.807) is 37.9 Å². The van der Waals surface area contributed by atoms with Gasteiger partial charge in [-0.2, -0.15) is 0 Å². The quantitative estimate of drug-likeness (QED) is 0.0992. The van der Waals surface area contributed by atoms with Crippen molar-refractivity contribution in [3.63, 3.8) is 0 Å². The molecule has 0 radical (unpaired) electrons. The molecule has 0 aliphatic rings. The first kappa shape index (κ1) is 48.8. The number of hydrogen-bond donors (Lipinski definition) is 0. The predicted molar refractivity (Wildman–Crippen MR) is 205 cm³/mol. The van der Waals surface area contributed by atoms with Crippen LogP contribution in [0, 0.1) is 17.5 Å². The fourth-order valence-electron chi connectivity index (χ4n) is 4.77. The number of thioether (sulfide) groups is 1. The lowest BCUT2D eigenvalue weighted by Gasteiger charge is -2.13. The zero-order valence-electron chi connectivity index (χ0n) is 31.6. The third kappa shape index (κ3) is 21.6. The third-order valence-corrected chi connectivity index (χ3v) is 11.8. The van der Waals surface area contributed by atoms with Gasteiger partial charge >= 0.3 is 0 Å². The number of hydrogen-bond acceptors (Lipinski definition) is 10. The lowest BCUT2D eigenvalue weighted by Crippen LogP contribution is -2.19. The summed E-state index contributed by atoms with van der Waals surface area (Å²) in [4.78, 5) is 34.2. The van der Waals surface area contributed by atoms with Crippen LogP contribution in [0.4, 0.5) is 13.2 Å². The molecular weight excluding hydrogens is 766 g/mol. The summed E-state index contributed by atoms with van der Waals surface area (Å²) in [6.45, 7) is 4.48. The van der Waals surface area contributed by atoms with Gasteiger partial charge in [0.2, 0.25) is 0 Å². The number of carbonyl (C=O) groups is 3. The molecule has 4 unspecified atom stereocenters. The number of Topliss-reactive ketones (excluding diaryl/α,β-unsaturated/α-hetero) is 3. The van der Waals surface area contributed by atoms with E-state index in [0.717, 1.165) is 23.1 Å². The van der Waals surface area contributed by atoms with Gasteiger partial charge in [-0.05, 0) is 94.6 Å². The lowest BCUT2D eigenvalue weighted by molar-refractivity contribution is -0.120. The predicted octanol–water partition coefficient (Wildman–Crippen LogP) is 7.60. The number of methoxy groups -OCH3 is 3. The van der Waals surface area contributed by atoms with Crippen molar-refractivity contribution in [2.45, 2.75) is 92.3 Å². The molecule has 0 saturated heterocycles. The Balaban J connectivity index is 0.000000406. The van der Waals surface area contributed by atoms with Gasteiger partial charge in [0, 0.05) is 61.9 Å². The van der Waals surface area contributed by atoms with Crippen molar-refractivity contribution in [1.29, 1.82) is 0 Å². The van der Waals surface area contributed by atoms with Crippen LogP contribution in [-0.4, -0.2) is 86.9 Å². The highest BCUT2D eigenvalue weighted by Gasteiger charge is 2.19. The van der Waals surface area contributed by atoms with Crippen LogP contribution in [0.3, 0.4) is 0 Å². The normalized spacial score (nSPS) is 13.3. The highest BCUT2D eigenvalue weighted by molar-refractivity contribution is 7.99. The minimum atomic E-state index is -3.56. The highest BCUT2D eigenvalue weighted by atomic mass is 32.2. The van der Waals surface area contributed by atoms with Gasteiger partial charge in [0.1, 0.15) is 34.8 Å². The standard InChI is InChI=1S/C13H17FO4S.C13H17FO3S.C13H17FO2S/c1-10(15)8-12(18-2)6-7-19(16,17)13-5-3-4-11(14)9-13;1-10(15)8-12(17-2)6-7-18(16)13-5-3-4-11(14)9-13;1-10(15)8-12(16-2)6-7-17-13-5-3-4-11(14)9-13/h3-5,9,12H,6-8H2,1-2H3;3-5,9,12H,6-8H2,1-2H3;3-5,9,12H,6-8H2,1-2H3. The van der Waals surface area contributed by atoms with Crippen molar-refractivity contribution in [3.05, 3.63) is 90.2 Å². The molecule has 300 valence electrons. The summed E-state index contributed by atoms with van der Waals surface area (Å²) in [6.07, 6.45) is 1.76. The SMILES string of the molecule is COC(CCS(=O)(=O)c1cccc(F)c1)CC(C)=O.COC(CCS(=O)c1cccc(F)c1)CC(C)=O.COC(CCSc1cccc(F)c1)CC(C)=O.